The third kappa shape index (κ3) is 2.42. The van der Waals surface area contributed by atoms with Crippen LogP contribution in [-0.2, 0) is 16.9 Å². The number of hydrogen-bond donors (Lipinski definition) is 1. The molecule has 1 unspecified atom stereocenters. The fourth-order valence-corrected chi connectivity index (χ4v) is 4.12. The van der Waals surface area contributed by atoms with E-state index in [1.807, 2.05) is 32.9 Å². The highest BCUT2D eigenvalue weighted by Gasteiger charge is 2.48. The molecule has 25 heavy (non-hydrogen) atoms. The van der Waals surface area contributed by atoms with Gasteiger partial charge in [0.2, 0.25) is 0 Å². The third-order valence-corrected chi connectivity index (χ3v) is 5.92. The monoisotopic (exact) mass is 358 g/mol. The lowest BCUT2D eigenvalue weighted by molar-refractivity contribution is -0.151. The second-order valence-corrected chi connectivity index (χ2v) is 8.34. The standard InChI is InChI=1S/C18H18N2O4S/c1-17(2,3)18(22)9-23-8-12-11-6-13(10-4-5-19-20-7-10)25-14(11)16(21)24-15(12)18/h4-7,22H,8-9H2,1-3H3. The maximum atomic E-state index is 12.6. The van der Waals surface area contributed by atoms with E-state index >= 15 is 0 Å². The Morgan fingerprint density at radius 1 is 1.32 bits per heavy atom. The van der Waals surface area contributed by atoms with E-state index in [0.29, 0.717) is 17.1 Å². The lowest BCUT2D eigenvalue weighted by Gasteiger charge is -2.42. The summed E-state index contributed by atoms with van der Waals surface area (Å²) in [6, 6.07) is 3.78. The highest BCUT2D eigenvalue weighted by molar-refractivity contribution is 7.22. The molecule has 3 aromatic heterocycles. The second-order valence-electron chi connectivity index (χ2n) is 7.28. The first-order valence-corrected chi connectivity index (χ1v) is 8.80. The summed E-state index contributed by atoms with van der Waals surface area (Å²) in [6.45, 7) is 6.11. The van der Waals surface area contributed by atoms with Crippen LogP contribution in [0.2, 0.25) is 0 Å². The Bertz CT molecular complexity index is 1000. The van der Waals surface area contributed by atoms with Gasteiger partial charge in [0.1, 0.15) is 10.5 Å². The van der Waals surface area contributed by atoms with Crippen LogP contribution in [0.25, 0.3) is 20.5 Å². The van der Waals surface area contributed by atoms with Crippen LogP contribution in [0.3, 0.4) is 0 Å². The summed E-state index contributed by atoms with van der Waals surface area (Å²) in [5, 5.41) is 19.6. The first-order valence-electron chi connectivity index (χ1n) is 7.98. The minimum atomic E-state index is -1.35. The van der Waals surface area contributed by atoms with Gasteiger partial charge in [0, 0.05) is 26.8 Å². The predicted molar refractivity (Wildman–Crippen MR) is 94.4 cm³/mol. The molecule has 1 atom stereocenters. The fraction of sp³-hybridized carbons (Fsp3) is 0.389. The van der Waals surface area contributed by atoms with Crippen molar-refractivity contribution in [1.82, 2.24) is 10.2 Å². The molecular weight excluding hydrogens is 340 g/mol. The molecule has 6 nitrogen and oxygen atoms in total. The van der Waals surface area contributed by atoms with Crippen molar-refractivity contribution < 1.29 is 14.3 Å². The number of rotatable bonds is 1. The maximum absolute atomic E-state index is 12.6. The zero-order valence-electron chi connectivity index (χ0n) is 14.2. The van der Waals surface area contributed by atoms with Crippen LogP contribution < -0.4 is 5.63 Å². The molecule has 4 heterocycles. The molecule has 0 radical (unpaired) electrons. The van der Waals surface area contributed by atoms with Crippen molar-refractivity contribution >= 4 is 21.4 Å². The predicted octanol–water partition coefficient (Wildman–Crippen LogP) is 3.08. The normalized spacial score (nSPS) is 20.6. The molecule has 0 spiro atoms. The van der Waals surface area contributed by atoms with Gasteiger partial charge in [-0.1, -0.05) is 20.8 Å². The van der Waals surface area contributed by atoms with E-state index < -0.39 is 16.6 Å². The van der Waals surface area contributed by atoms with E-state index in [0.717, 1.165) is 21.4 Å². The minimum absolute atomic E-state index is 0.100. The van der Waals surface area contributed by atoms with E-state index in [1.165, 1.54) is 11.3 Å². The van der Waals surface area contributed by atoms with Gasteiger partial charge in [-0.3, -0.25) is 0 Å². The molecule has 0 aromatic carbocycles. The third-order valence-electron chi connectivity index (χ3n) is 4.75. The van der Waals surface area contributed by atoms with Gasteiger partial charge >= 0.3 is 5.63 Å². The summed E-state index contributed by atoms with van der Waals surface area (Å²) in [6.07, 6.45) is 3.26. The Labute approximate surface area is 148 Å². The number of fused-ring (bicyclic) bond motifs is 3. The van der Waals surface area contributed by atoms with Crippen LogP contribution in [-0.4, -0.2) is 21.9 Å². The Morgan fingerprint density at radius 3 is 2.80 bits per heavy atom. The molecule has 0 bridgehead atoms. The molecule has 1 N–H and O–H groups in total. The van der Waals surface area contributed by atoms with Gasteiger partial charge in [-0.2, -0.15) is 10.2 Å². The van der Waals surface area contributed by atoms with Gasteiger partial charge < -0.3 is 14.3 Å². The highest BCUT2D eigenvalue weighted by atomic mass is 32.1. The van der Waals surface area contributed by atoms with Gasteiger partial charge in [0.05, 0.1) is 25.6 Å². The number of aliphatic hydroxyl groups is 1. The van der Waals surface area contributed by atoms with Crippen molar-refractivity contribution in [3.8, 4) is 10.4 Å². The average Bonchev–Trinajstić information content (AvgIpc) is 3.02. The minimum Gasteiger partial charge on any atom is -0.423 e. The molecule has 0 fully saturated rings. The van der Waals surface area contributed by atoms with Crippen LogP contribution in [0.5, 0.6) is 0 Å². The lowest BCUT2D eigenvalue weighted by Crippen LogP contribution is -2.47. The fourth-order valence-electron chi connectivity index (χ4n) is 3.07. The number of ether oxygens (including phenoxy) is 1. The Kier molecular flexibility index (Phi) is 3.57. The van der Waals surface area contributed by atoms with Crippen LogP contribution in [0.4, 0.5) is 0 Å². The van der Waals surface area contributed by atoms with Crippen molar-refractivity contribution in [2.75, 3.05) is 6.61 Å². The summed E-state index contributed by atoms with van der Waals surface area (Å²) in [4.78, 5) is 13.5. The highest BCUT2D eigenvalue weighted by Crippen LogP contribution is 2.46. The molecule has 0 aliphatic carbocycles. The molecule has 1 aliphatic heterocycles. The first-order chi connectivity index (χ1) is 11.8. The van der Waals surface area contributed by atoms with Crippen molar-refractivity contribution in [3.63, 3.8) is 0 Å². The summed E-state index contributed by atoms with van der Waals surface area (Å²) >= 11 is 1.35. The van der Waals surface area contributed by atoms with Gasteiger partial charge in [-0.05, 0) is 12.1 Å². The van der Waals surface area contributed by atoms with Crippen molar-refractivity contribution in [2.24, 2.45) is 5.41 Å². The summed E-state index contributed by atoms with van der Waals surface area (Å²) in [5.41, 5.74) is -0.708. The van der Waals surface area contributed by atoms with E-state index in [4.69, 9.17) is 9.15 Å². The molecule has 0 amide bonds. The molecule has 0 saturated carbocycles. The molecule has 3 aromatic rings. The average molecular weight is 358 g/mol. The first kappa shape index (κ1) is 16.4. The molecular formula is C18H18N2O4S. The van der Waals surface area contributed by atoms with Crippen LogP contribution >= 0.6 is 11.3 Å². The van der Waals surface area contributed by atoms with Gasteiger partial charge in [-0.25, -0.2) is 4.79 Å². The van der Waals surface area contributed by atoms with Crippen LogP contribution in [0, 0.1) is 5.41 Å². The van der Waals surface area contributed by atoms with Crippen molar-refractivity contribution in [1.29, 1.82) is 0 Å². The van der Waals surface area contributed by atoms with Crippen LogP contribution in [0.1, 0.15) is 32.1 Å². The topological polar surface area (TPSA) is 85.5 Å². The zero-order chi connectivity index (χ0) is 17.8. The Balaban J connectivity index is 2.00. The second kappa shape index (κ2) is 5.45. The van der Waals surface area contributed by atoms with E-state index in [9.17, 15) is 9.90 Å². The maximum Gasteiger partial charge on any atom is 0.354 e. The van der Waals surface area contributed by atoms with E-state index in [2.05, 4.69) is 10.2 Å². The number of aromatic nitrogens is 2. The summed E-state index contributed by atoms with van der Waals surface area (Å²) < 4.78 is 11.8. The summed E-state index contributed by atoms with van der Waals surface area (Å²) in [7, 11) is 0. The van der Waals surface area contributed by atoms with Crippen LogP contribution in [0.15, 0.2) is 33.7 Å². The Morgan fingerprint density at radius 2 is 2.12 bits per heavy atom. The van der Waals surface area contributed by atoms with Crippen molar-refractivity contribution in [3.05, 3.63) is 46.3 Å². The lowest BCUT2D eigenvalue weighted by atomic mass is 9.73. The largest absolute Gasteiger partial charge is 0.423 e. The summed E-state index contributed by atoms with van der Waals surface area (Å²) in [5.74, 6) is 0.320. The Hall–Kier alpha value is -2.09. The van der Waals surface area contributed by atoms with Gasteiger partial charge in [0.25, 0.3) is 0 Å². The zero-order valence-corrected chi connectivity index (χ0v) is 15.0. The number of nitrogens with zero attached hydrogens (tertiary/aromatic N) is 2. The molecule has 4 rings (SSSR count). The number of thiophene rings is 1. The quantitative estimate of drug-likeness (QED) is 0.719. The van der Waals surface area contributed by atoms with Gasteiger partial charge in [0.15, 0.2) is 5.60 Å². The molecule has 0 saturated heterocycles. The number of hydrogen-bond acceptors (Lipinski definition) is 7. The molecule has 130 valence electrons. The molecule has 1 aliphatic rings. The van der Waals surface area contributed by atoms with Crippen molar-refractivity contribution in [2.45, 2.75) is 33.0 Å². The van der Waals surface area contributed by atoms with E-state index in [-0.39, 0.29) is 6.61 Å². The van der Waals surface area contributed by atoms with Gasteiger partial charge in [-0.15, -0.1) is 11.3 Å². The van der Waals surface area contributed by atoms with E-state index in [1.54, 1.807) is 12.4 Å². The SMILES string of the molecule is CC(C)(C)C1(O)COCc2c1oc(=O)c1sc(-c3ccnnc3)cc21. The molecule has 7 heteroatoms. The smallest absolute Gasteiger partial charge is 0.354 e.